The molecule has 1 unspecified atom stereocenters. The van der Waals surface area contributed by atoms with Gasteiger partial charge >= 0.3 is 0 Å². The van der Waals surface area contributed by atoms with E-state index in [0.29, 0.717) is 29.4 Å². The zero-order chi connectivity index (χ0) is 22.7. The van der Waals surface area contributed by atoms with Gasteiger partial charge in [0.1, 0.15) is 29.1 Å². The lowest BCUT2D eigenvalue weighted by molar-refractivity contribution is -0.140. The predicted octanol–water partition coefficient (Wildman–Crippen LogP) is 5.00. The molecule has 3 aromatic rings. The van der Waals surface area contributed by atoms with Crippen LogP contribution in [0.25, 0.3) is 5.76 Å². The van der Waals surface area contributed by atoms with Crippen LogP contribution in [-0.4, -0.2) is 28.3 Å². The SMILES string of the molecule is CCCOc1ccc(/C(O)=C2\C(=O)C(=O)N(Cc3ccccc3)C2c2ccc(C)o2)cc1. The van der Waals surface area contributed by atoms with Crippen LogP contribution in [0, 0.1) is 6.92 Å². The van der Waals surface area contributed by atoms with E-state index in [-0.39, 0.29) is 17.9 Å². The number of Topliss-reactive ketones (excluding diaryl/α,β-unsaturated/α-hetero) is 1. The molecule has 6 heteroatoms. The lowest BCUT2D eigenvalue weighted by Crippen LogP contribution is -2.29. The van der Waals surface area contributed by atoms with Crippen molar-refractivity contribution in [2.24, 2.45) is 0 Å². The van der Waals surface area contributed by atoms with Gasteiger partial charge in [0.15, 0.2) is 0 Å². The van der Waals surface area contributed by atoms with E-state index in [4.69, 9.17) is 9.15 Å². The molecule has 1 aliphatic rings. The van der Waals surface area contributed by atoms with Crippen LogP contribution < -0.4 is 4.74 Å². The van der Waals surface area contributed by atoms with Crippen LogP contribution in [0.3, 0.4) is 0 Å². The average Bonchev–Trinajstić information content (AvgIpc) is 3.34. The van der Waals surface area contributed by atoms with Gasteiger partial charge in [0, 0.05) is 12.1 Å². The molecule has 1 atom stereocenters. The maximum absolute atomic E-state index is 13.0. The number of aryl methyl sites for hydroxylation is 1. The van der Waals surface area contributed by atoms with E-state index in [0.717, 1.165) is 12.0 Å². The normalized spacial score (nSPS) is 17.7. The first-order valence-electron chi connectivity index (χ1n) is 10.6. The number of ether oxygens (including phenoxy) is 1. The number of hydrogen-bond acceptors (Lipinski definition) is 5. The largest absolute Gasteiger partial charge is 0.507 e. The van der Waals surface area contributed by atoms with Crippen LogP contribution >= 0.6 is 0 Å². The first-order valence-corrected chi connectivity index (χ1v) is 10.6. The quantitative estimate of drug-likeness (QED) is 0.324. The zero-order valence-electron chi connectivity index (χ0n) is 18.1. The maximum atomic E-state index is 13.0. The van der Waals surface area contributed by atoms with E-state index < -0.39 is 17.7 Å². The Morgan fingerprint density at radius 3 is 2.38 bits per heavy atom. The number of rotatable bonds is 7. The van der Waals surface area contributed by atoms with Crippen molar-refractivity contribution in [1.82, 2.24) is 4.90 Å². The summed E-state index contributed by atoms with van der Waals surface area (Å²) in [6, 6.07) is 18.9. The Morgan fingerprint density at radius 2 is 1.75 bits per heavy atom. The van der Waals surface area contributed by atoms with Gasteiger partial charge in [-0.1, -0.05) is 37.3 Å². The average molecular weight is 431 g/mol. The Kier molecular flexibility index (Phi) is 6.12. The maximum Gasteiger partial charge on any atom is 0.296 e. The third-order valence-corrected chi connectivity index (χ3v) is 5.37. The van der Waals surface area contributed by atoms with Crippen molar-refractivity contribution in [2.45, 2.75) is 32.9 Å². The molecular formula is C26H25NO5. The van der Waals surface area contributed by atoms with Crippen molar-refractivity contribution in [2.75, 3.05) is 6.61 Å². The van der Waals surface area contributed by atoms with Crippen LogP contribution in [0.5, 0.6) is 5.75 Å². The summed E-state index contributed by atoms with van der Waals surface area (Å²) in [5.41, 5.74) is 1.32. The second-order valence-electron chi connectivity index (χ2n) is 7.73. The number of ketones is 1. The smallest absolute Gasteiger partial charge is 0.296 e. The third kappa shape index (κ3) is 4.17. The van der Waals surface area contributed by atoms with Gasteiger partial charge in [-0.2, -0.15) is 0 Å². The summed E-state index contributed by atoms with van der Waals surface area (Å²) in [6.45, 7) is 4.62. The summed E-state index contributed by atoms with van der Waals surface area (Å²) in [4.78, 5) is 27.5. The second kappa shape index (κ2) is 9.14. The lowest BCUT2D eigenvalue weighted by atomic mass is 9.99. The summed E-state index contributed by atoms with van der Waals surface area (Å²) in [7, 11) is 0. The monoisotopic (exact) mass is 431 g/mol. The number of furan rings is 1. The Balaban J connectivity index is 1.76. The van der Waals surface area contributed by atoms with E-state index >= 15 is 0 Å². The molecular weight excluding hydrogens is 406 g/mol. The van der Waals surface area contributed by atoms with Gasteiger partial charge < -0.3 is 19.2 Å². The van der Waals surface area contributed by atoms with Gasteiger partial charge in [0.05, 0.1) is 12.2 Å². The van der Waals surface area contributed by atoms with Gasteiger partial charge in [-0.15, -0.1) is 0 Å². The molecule has 4 rings (SSSR count). The summed E-state index contributed by atoms with van der Waals surface area (Å²) in [5.74, 6) is 0.122. The molecule has 0 saturated carbocycles. The first kappa shape index (κ1) is 21.4. The minimum absolute atomic E-state index is 0.0162. The minimum Gasteiger partial charge on any atom is -0.507 e. The van der Waals surface area contributed by atoms with E-state index in [2.05, 4.69) is 0 Å². The molecule has 0 radical (unpaired) electrons. The fourth-order valence-electron chi connectivity index (χ4n) is 3.80. The van der Waals surface area contributed by atoms with E-state index in [9.17, 15) is 14.7 Å². The number of carbonyl (C=O) groups excluding carboxylic acids is 2. The van der Waals surface area contributed by atoms with Crippen molar-refractivity contribution >= 4 is 17.4 Å². The molecule has 1 saturated heterocycles. The third-order valence-electron chi connectivity index (χ3n) is 5.37. The minimum atomic E-state index is -0.820. The summed E-state index contributed by atoms with van der Waals surface area (Å²) >= 11 is 0. The van der Waals surface area contributed by atoms with E-state index in [1.54, 1.807) is 43.3 Å². The highest BCUT2D eigenvalue weighted by Gasteiger charge is 2.47. The van der Waals surface area contributed by atoms with Crippen LogP contribution in [0.15, 0.2) is 76.7 Å². The van der Waals surface area contributed by atoms with Crippen molar-refractivity contribution in [3.63, 3.8) is 0 Å². The van der Waals surface area contributed by atoms with Crippen molar-refractivity contribution in [1.29, 1.82) is 0 Å². The molecule has 1 N–H and O–H groups in total. The van der Waals surface area contributed by atoms with Crippen molar-refractivity contribution < 1.29 is 23.8 Å². The first-order chi connectivity index (χ1) is 15.5. The number of carbonyl (C=O) groups is 2. The van der Waals surface area contributed by atoms with Gasteiger partial charge in [0.2, 0.25) is 0 Å². The molecule has 1 amide bonds. The molecule has 32 heavy (non-hydrogen) atoms. The number of benzene rings is 2. The van der Waals surface area contributed by atoms with Gasteiger partial charge in [-0.25, -0.2) is 0 Å². The number of aliphatic hydroxyl groups excluding tert-OH is 1. The fourth-order valence-corrected chi connectivity index (χ4v) is 3.80. The molecule has 0 aliphatic carbocycles. The van der Waals surface area contributed by atoms with Crippen LogP contribution in [-0.2, 0) is 16.1 Å². The molecule has 6 nitrogen and oxygen atoms in total. The van der Waals surface area contributed by atoms with Gasteiger partial charge in [0.25, 0.3) is 11.7 Å². The van der Waals surface area contributed by atoms with Crippen LogP contribution in [0.1, 0.15) is 42.0 Å². The molecule has 1 aromatic heterocycles. The fraction of sp³-hybridized carbons (Fsp3) is 0.231. The Bertz CT molecular complexity index is 1140. The van der Waals surface area contributed by atoms with Gasteiger partial charge in [-0.05, 0) is 55.3 Å². The zero-order valence-corrected chi connectivity index (χ0v) is 18.1. The van der Waals surface area contributed by atoms with Crippen molar-refractivity contribution in [3.05, 3.63) is 95.0 Å². The summed E-state index contributed by atoms with van der Waals surface area (Å²) < 4.78 is 11.4. The molecule has 1 fully saturated rings. The topological polar surface area (TPSA) is 80.0 Å². The number of amides is 1. The molecule has 0 bridgehead atoms. The highest BCUT2D eigenvalue weighted by atomic mass is 16.5. The highest BCUT2D eigenvalue weighted by molar-refractivity contribution is 6.46. The van der Waals surface area contributed by atoms with Crippen LogP contribution in [0.4, 0.5) is 0 Å². The summed E-state index contributed by atoms with van der Waals surface area (Å²) in [5, 5.41) is 11.1. The Labute approximate surface area is 186 Å². The molecule has 164 valence electrons. The van der Waals surface area contributed by atoms with Crippen LogP contribution in [0.2, 0.25) is 0 Å². The highest BCUT2D eigenvalue weighted by Crippen LogP contribution is 2.41. The predicted molar refractivity (Wildman–Crippen MR) is 120 cm³/mol. The van der Waals surface area contributed by atoms with Crippen molar-refractivity contribution in [3.8, 4) is 5.75 Å². The number of likely N-dealkylation sites (tertiary alicyclic amines) is 1. The number of aliphatic hydroxyl groups is 1. The number of nitrogens with zero attached hydrogens (tertiary/aromatic N) is 1. The second-order valence-corrected chi connectivity index (χ2v) is 7.73. The van der Waals surface area contributed by atoms with E-state index in [1.807, 2.05) is 37.3 Å². The molecule has 2 heterocycles. The molecule has 0 spiro atoms. The summed E-state index contributed by atoms with van der Waals surface area (Å²) in [6.07, 6.45) is 0.884. The molecule has 1 aliphatic heterocycles. The standard InChI is InChI=1S/C26H25NO5/c1-3-15-31-20-12-10-19(11-13-20)24(28)22-23(21-14-9-17(2)32-21)27(26(30)25(22)29)16-18-7-5-4-6-8-18/h4-14,23,28H,3,15-16H2,1-2H3/b24-22+. The van der Waals surface area contributed by atoms with Gasteiger partial charge in [-0.3, -0.25) is 9.59 Å². The Hall–Kier alpha value is -3.80. The number of hydrogen-bond donors (Lipinski definition) is 1. The molecule has 2 aromatic carbocycles. The van der Waals surface area contributed by atoms with E-state index in [1.165, 1.54) is 4.90 Å². The Morgan fingerprint density at radius 1 is 1.03 bits per heavy atom. The lowest BCUT2D eigenvalue weighted by Gasteiger charge is -2.23.